The third kappa shape index (κ3) is 5.22. The number of hydrogen-bond donors (Lipinski definition) is 4. The van der Waals surface area contributed by atoms with Gasteiger partial charge in [-0.25, -0.2) is 0 Å². The van der Waals surface area contributed by atoms with Crippen LogP contribution in [0.15, 0.2) is 39.5 Å². The number of phenols is 1. The van der Waals surface area contributed by atoms with E-state index in [0.717, 1.165) is 30.6 Å². The van der Waals surface area contributed by atoms with E-state index in [-0.39, 0.29) is 41.6 Å². The summed E-state index contributed by atoms with van der Waals surface area (Å²) in [7, 11) is 0. The maximum atomic E-state index is 14.7. The van der Waals surface area contributed by atoms with Crippen LogP contribution in [0.3, 0.4) is 0 Å². The van der Waals surface area contributed by atoms with E-state index in [4.69, 9.17) is 4.42 Å². The second kappa shape index (κ2) is 12.5. The van der Waals surface area contributed by atoms with Crippen LogP contribution in [-0.4, -0.2) is 43.4 Å². The van der Waals surface area contributed by atoms with Crippen molar-refractivity contribution in [3.8, 4) is 17.1 Å². The fourth-order valence-corrected chi connectivity index (χ4v) is 10.6. The van der Waals surface area contributed by atoms with Crippen LogP contribution in [0.4, 0.5) is 0 Å². The Kier molecular flexibility index (Phi) is 9.06. The standard InChI is InChI=1S/C42H54O8/c1-9-10-24-11-13-25(14-12-24)17-26-15-16-30(50-26)28-18-27(21(2)3)29-19-40(7)20-41(8)33(22(4)5)36(45)31(23(6)43)38(47)42(41,49)39(48)34(40)37(46)32(29)35(28)44/h15-16,18,21-22,24-25,33,44,46-47,49H,9-14,17,19-20H2,1-8H3/t24?,25?,33?,40-,41-,42+/m1/s1. The minimum absolute atomic E-state index is 0.0228. The van der Waals surface area contributed by atoms with Crippen LogP contribution in [0.5, 0.6) is 5.75 Å². The van der Waals surface area contributed by atoms with Crippen LogP contribution in [0.25, 0.3) is 17.1 Å². The molecule has 8 nitrogen and oxygen atoms in total. The van der Waals surface area contributed by atoms with E-state index < -0.39 is 56.8 Å². The highest BCUT2D eigenvalue weighted by molar-refractivity contribution is 6.24. The van der Waals surface area contributed by atoms with E-state index in [1.165, 1.54) is 38.5 Å². The van der Waals surface area contributed by atoms with Crippen molar-refractivity contribution < 1.29 is 39.2 Å². The predicted octanol–water partition coefficient (Wildman–Crippen LogP) is 8.72. The quantitative estimate of drug-likeness (QED) is 0.202. The summed E-state index contributed by atoms with van der Waals surface area (Å²) in [6, 6.07) is 5.71. The largest absolute Gasteiger partial charge is 0.508 e. The molecule has 0 saturated heterocycles. The van der Waals surface area contributed by atoms with Crippen molar-refractivity contribution in [3.05, 3.63) is 57.6 Å². The van der Waals surface area contributed by atoms with E-state index in [1.807, 2.05) is 39.0 Å². The molecule has 1 heterocycles. The number of rotatable bonds is 8. The Balaban J connectivity index is 1.47. The molecule has 2 saturated carbocycles. The van der Waals surface area contributed by atoms with Gasteiger partial charge in [0.2, 0.25) is 5.78 Å². The van der Waals surface area contributed by atoms with Crippen molar-refractivity contribution >= 4 is 23.1 Å². The monoisotopic (exact) mass is 686 g/mol. The second-order valence-electron chi connectivity index (χ2n) is 17.0. The molecule has 4 aliphatic carbocycles. The van der Waals surface area contributed by atoms with Gasteiger partial charge in [-0.3, -0.25) is 14.4 Å². The molecular weight excluding hydrogens is 632 g/mol. The Morgan fingerprint density at radius 3 is 2.22 bits per heavy atom. The zero-order valence-corrected chi connectivity index (χ0v) is 30.9. The molecule has 0 radical (unpaired) electrons. The first kappa shape index (κ1) is 36.2. The lowest BCUT2D eigenvalue weighted by Gasteiger charge is -2.59. The maximum absolute atomic E-state index is 14.7. The van der Waals surface area contributed by atoms with Crippen molar-refractivity contribution in [1.29, 1.82) is 0 Å². The molecule has 2 fully saturated rings. The van der Waals surface area contributed by atoms with Crippen LogP contribution in [0, 0.1) is 34.5 Å². The van der Waals surface area contributed by atoms with Gasteiger partial charge < -0.3 is 24.8 Å². The summed E-state index contributed by atoms with van der Waals surface area (Å²) in [6.07, 6.45) is 8.47. The Labute approximate surface area is 295 Å². The van der Waals surface area contributed by atoms with Gasteiger partial charge in [-0.2, -0.15) is 0 Å². The number of fused-ring (bicyclic) bond motifs is 3. The van der Waals surface area contributed by atoms with Gasteiger partial charge in [-0.05, 0) is 85.6 Å². The number of furan rings is 1. The molecule has 8 heteroatoms. The highest BCUT2D eigenvalue weighted by Gasteiger charge is 2.72. The molecule has 0 amide bonds. The first-order valence-electron chi connectivity index (χ1n) is 18.6. The van der Waals surface area contributed by atoms with Gasteiger partial charge in [-0.1, -0.05) is 74.1 Å². The fourth-order valence-electron chi connectivity index (χ4n) is 10.6. The van der Waals surface area contributed by atoms with E-state index in [2.05, 4.69) is 6.92 Å². The fraction of sp³-hybridized carbons (Fsp3) is 0.595. The van der Waals surface area contributed by atoms with Crippen LogP contribution >= 0.6 is 0 Å². The van der Waals surface area contributed by atoms with Crippen molar-refractivity contribution in [2.24, 2.45) is 34.5 Å². The Morgan fingerprint density at radius 1 is 1.00 bits per heavy atom. The predicted molar refractivity (Wildman–Crippen MR) is 192 cm³/mol. The van der Waals surface area contributed by atoms with E-state index >= 15 is 0 Å². The zero-order chi connectivity index (χ0) is 36.7. The van der Waals surface area contributed by atoms with Gasteiger partial charge in [0.05, 0.1) is 11.1 Å². The van der Waals surface area contributed by atoms with Gasteiger partial charge in [0.25, 0.3) is 0 Å². The summed E-state index contributed by atoms with van der Waals surface area (Å²) in [6.45, 7) is 14.5. The second-order valence-corrected chi connectivity index (χ2v) is 17.0. The molecular formula is C42H54O8. The molecule has 0 bridgehead atoms. The summed E-state index contributed by atoms with van der Waals surface area (Å²) >= 11 is 0. The third-order valence-corrected chi connectivity index (χ3v) is 12.7. The maximum Gasteiger partial charge on any atom is 0.203 e. The number of aromatic hydroxyl groups is 1. The number of carbonyl (C=O) groups is 3. The van der Waals surface area contributed by atoms with E-state index in [0.29, 0.717) is 22.8 Å². The number of allylic oxidation sites excluding steroid dienone is 1. The highest BCUT2D eigenvalue weighted by atomic mass is 16.4. The van der Waals surface area contributed by atoms with Crippen molar-refractivity contribution in [2.75, 3.05) is 0 Å². The number of carbonyl (C=O) groups excluding carboxylic acids is 3. The van der Waals surface area contributed by atoms with Gasteiger partial charge in [0.15, 0.2) is 17.2 Å². The number of aliphatic hydroxyl groups is 3. The molecule has 0 spiro atoms. The minimum atomic E-state index is -2.64. The molecule has 50 heavy (non-hydrogen) atoms. The van der Waals surface area contributed by atoms with Crippen molar-refractivity contribution in [2.45, 2.75) is 125 Å². The number of phenolic OH excluding ortho intramolecular Hbond substituents is 1. The average molecular weight is 687 g/mol. The number of benzene rings is 1. The zero-order valence-electron chi connectivity index (χ0n) is 30.9. The number of aliphatic hydroxyl groups excluding tert-OH is 2. The molecule has 6 rings (SSSR count). The normalized spacial score (nSPS) is 31.3. The van der Waals surface area contributed by atoms with Crippen molar-refractivity contribution in [1.82, 2.24) is 0 Å². The van der Waals surface area contributed by atoms with Gasteiger partial charge >= 0.3 is 0 Å². The SMILES string of the molecule is CCCC1CCC(Cc2ccc(-c3cc(C(C)C)c4c(c3O)C(O)=C3C(=O)[C@@]5(O)C(O)=C(C(C)=O)C(=O)C(C(C)C)[C@@]5(C)C[C@@]3(C)C4)o2)CC1. The summed E-state index contributed by atoms with van der Waals surface area (Å²) in [5.74, 6) is -2.64. The lowest BCUT2D eigenvalue weighted by atomic mass is 9.43. The molecule has 1 aromatic carbocycles. The smallest absolute Gasteiger partial charge is 0.203 e. The molecule has 270 valence electrons. The Bertz CT molecular complexity index is 1810. The van der Waals surface area contributed by atoms with Gasteiger partial charge in [-0.15, -0.1) is 0 Å². The van der Waals surface area contributed by atoms with E-state index in [1.54, 1.807) is 20.8 Å². The number of hydrogen-bond acceptors (Lipinski definition) is 8. The molecule has 4 N–H and O–H groups in total. The van der Waals surface area contributed by atoms with Crippen LogP contribution in [0.2, 0.25) is 0 Å². The molecule has 0 aliphatic heterocycles. The summed E-state index contributed by atoms with van der Waals surface area (Å²) in [5, 5.41) is 47.9. The minimum Gasteiger partial charge on any atom is -0.508 e. The van der Waals surface area contributed by atoms with E-state index in [9.17, 15) is 34.8 Å². The molecule has 4 atom stereocenters. The van der Waals surface area contributed by atoms with Gasteiger partial charge in [0.1, 0.15) is 34.4 Å². The lowest BCUT2D eigenvalue weighted by Crippen LogP contribution is -2.69. The van der Waals surface area contributed by atoms with Gasteiger partial charge in [0, 0.05) is 28.7 Å². The summed E-state index contributed by atoms with van der Waals surface area (Å²) < 4.78 is 6.36. The molecule has 1 aromatic heterocycles. The molecule has 4 aliphatic rings. The summed E-state index contributed by atoms with van der Waals surface area (Å²) in [5.41, 5.74) is -3.83. The van der Waals surface area contributed by atoms with Crippen LogP contribution in [0.1, 0.15) is 129 Å². The average Bonchev–Trinajstić information content (AvgIpc) is 3.47. The topological polar surface area (TPSA) is 145 Å². The first-order chi connectivity index (χ1) is 23.4. The van der Waals surface area contributed by atoms with Crippen molar-refractivity contribution in [3.63, 3.8) is 0 Å². The number of Topliss-reactive ketones (excluding diaryl/α,β-unsaturated/α-hetero) is 3. The Hall–Kier alpha value is -3.65. The number of ketones is 3. The summed E-state index contributed by atoms with van der Waals surface area (Å²) in [4.78, 5) is 41.2. The molecule has 1 unspecified atom stereocenters. The highest BCUT2D eigenvalue weighted by Crippen LogP contribution is 2.65. The Morgan fingerprint density at radius 2 is 1.64 bits per heavy atom. The molecule has 2 aromatic rings. The third-order valence-electron chi connectivity index (χ3n) is 12.7. The lowest BCUT2D eigenvalue weighted by molar-refractivity contribution is -0.178. The van der Waals surface area contributed by atoms with Crippen LogP contribution < -0.4 is 0 Å². The first-order valence-corrected chi connectivity index (χ1v) is 18.6. The van der Waals surface area contributed by atoms with Crippen LogP contribution in [-0.2, 0) is 27.2 Å².